The summed E-state index contributed by atoms with van der Waals surface area (Å²) >= 11 is 3.22. The van der Waals surface area contributed by atoms with Crippen molar-refractivity contribution in [1.82, 2.24) is 9.78 Å². The number of aliphatic hydroxyl groups excluding tert-OH is 1. The van der Waals surface area contributed by atoms with E-state index in [9.17, 15) is 9.90 Å². The largest absolute Gasteiger partial charge is 0.497 e. The maximum atomic E-state index is 11.7. The zero-order valence-electron chi connectivity index (χ0n) is 11.7. The molecule has 1 aromatic heterocycles. The number of aryl methyl sites for hydroxylation is 1. The van der Waals surface area contributed by atoms with Crippen LogP contribution in [0.15, 0.2) is 39.7 Å². The van der Waals surface area contributed by atoms with Gasteiger partial charge in [-0.05, 0) is 33.6 Å². The topological polar surface area (TPSA) is 76.4 Å². The number of hydrogen-bond acceptors (Lipinski definition) is 5. The number of benzene rings is 1. The van der Waals surface area contributed by atoms with Crippen molar-refractivity contribution in [2.45, 2.75) is 6.10 Å². The van der Waals surface area contributed by atoms with Crippen LogP contribution in [-0.2, 0) is 7.05 Å². The highest BCUT2D eigenvalue weighted by Gasteiger charge is 2.11. The molecule has 7 heteroatoms. The van der Waals surface area contributed by atoms with Gasteiger partial charge < -0.3 is 15.2 Å². The molecule has 1 atom stereocenters. The van der Waals surface area contributed by atoms with E-state index >= 15 is 0 Å². The lowest BCUT2D eigenvalue weighted by Gasteiger charge is -2.14. The van der Waals surface area contributed by atoms with E-state index in [4.69, 9.17) is 4.74 Å². The van der Waals surface area contributed by atoms with Crippen LogP contribution in [0.25, 0.3) is 0 Å². The second-order valence-electron chi connectivity index (χ2n) is 4.47. The summed E-state index contributed by atoms with van der Waals surface area (Å²) in [5.41, 5.74) is 1.03. The van der Waals surface area contributed by atoms with Gasteiger partial charge in [0.2, 0.25) is 0 Å². The Bertz CT molecular complexity index is 687. The minimum Gasteiger partial charge on any atom is -0.497 e. The summed E-state index contributed by atoms with van der Waals surface area (Å²) in [6, 6.07) is 7.20. The molecule has 0 aliphatic heterocycles. The van der Waals surface area contributed by atoms with Gasteiger partial charge in [0.05, 0.1) is 25.1 Å². The first-order valence-corrected chi connectivity index (χ1v) is 7.10. The third-order valence-electron chi connectivity index (χ3n) is 3.04. The predicted octanol–water partition coefficient (Wildman–Crippen LogP) is 1.70. The second kappa shape index (κ2) is 6.73. The summed E-state index contributed by atoms with van der Waals surface area (Å²) in [7, 11) is 3.15. The molecule has 0 saturated carbocycles. The molecule has 1 aromatic carbocycles. The fourth-order valence-corrected chi connectivity index (χ4v) is 2.31. The first-order chi connectivity index (χ1) is 10.0. The summed E-state index contributed by atoms with van der Waals surface area (Å²) in [6.45, 7) is 0.251. The summed E-state index contributed by atoms with van der Waals surface area (Å²) in [5, 5.41) is 17.1. The van der Waals surface area contributed by atoms with Gasteiger partial charge in [-0.1, -0.05) is 12.1 Å². The van der Waals surface area contributed by atoms with Crippen LogP contribution in [0.4, 0.5) is 5.69 Å². The van der Waals surface area contributed by atoms with E-state index in [0.717, 1.165) is 5.56 Å². The third-order valence-corrected chi connectivity index (χ3v) is 3.81. The first-order valence-electron chi connectivity index (χ1n) is 6.30. The number of hydrogen-bond donors (Lipinski definition) is 2. The van der Waals surface area contributed by atoms with Crippen molar-refractivity contribution in [3.05, 3.63) is 50.9 Å². The van der Waals surface area contributed by atoms with Crippen molar-refractivity contribution in [1.29, 1.82) is 0 Å². The minimum absolute atomic E-state index is 0.240. The Labute approximate surface area is 130 Å². The number of methoxy groups -OCH3 is 1. The van der Waals surface area contributed by atoms with E-state index in [0.29, 0.717) is 15.9 Å². The van der Waals surface area contributed by atoms with Gasteiger partial charge in [-0.15, -0.1) is 0 Å². The first kappa shape index (κ1) is 15.5. The highest BCUT2D eigenvalue weighted by atomic mass is 79.9. The summed E-state index contributed by atoms with van der Waals surface area (Å²) in [6.07, 6.45) is 0.806. The average Bonchev–Trinajstić information content (AvgIpc) is 2.51. The number of ether oxygens (including phenoxy) is 1. The van der Waals surface area contributed by atoms with Gasteiger partial charge in [0, 0.05) is 13.6 Å². The smallest absolute Gasteiger partial charge is 0.282 e. The maximum absolute atomic E-state index is 11.7. The highest BCUT2D eigenvalue weighted by Crippen LogP contribution is 2.21. The van der Waals surface area contributed by atoms with Crippen molar-refractivity contribution < 1.29 is 9.84 Å². The Morgan fingerprint density at radius 3 is 3.00 bits per heavy atom. The molecule has 0 fully saturated rings. The van der Waals surface area contributed by atoms with Gasteiger partial charge in [0.15, 0.2) is 0 Å². The van der Waals surface area contributed by atoms with E-state index in [2.05, 4.69) is 26.3 Å². The van der Waals surface area contributed by atoms with Crippen LogP contribution >= 0.6 is 15.9 Å². The van der Waals surface area contributed by atoms with Crippen molar-refractivity contribution in [3.63, 3.8) is 0 Å². The lowest BCUT2D eigenvalue weighted by Crippen LogP contribution is -2.22. The Balaban J connectivity index is 2.09. The highest BCUT2D eigenvalue weighted by molar-refractivity contribution is 9.10. The van der Waals surface area contributed by atoms with Gasteiger partial charge in [0.25, 0.3) is 5.56 Å². The Morgan fingerprint density at radius 2 is 2.29 bits per heavy atom. The summed E-state index contributed by atoms with van der Waals surface area (Å²) in [4.78, 5) is 11.7. The minimum atomic E-state index is -0.726. The normalized spacial score (nSPS) is 12.0. The summed E-state index contributed by atoms with van der Waals surface area (Å²) < 4.78 is 6.74. The number of halogens is 1. The van der Waals surface area contributed by atoms with Crippen molar-refractivity contribution in [2.75, 3.05) is 19.0 Å². The van der Waals surface area contributed by atoms with Gasteiger partial charge in [-0.25, -0.2) is 4.68 Å². The molecule has 0 bridgehead atoms. The lowest BCUT2D eigenvalue weighted by molar-refractivity contribution is 0.191. The van der Waals surface area contributed by atoms with Gasteiger partial charge >= 0.3 is 0 Å². The number of aliphatic hydroxyl groups is 1. The van der Waals surface area contributed by atoms with Crippen LogP contribution in [0.3, 0.4) is 0 Å². The molecule has 112 valence electrons. The van der Waals surface area contributed by atoms with Crippen LogP contribution in [0.2, 0.25) is 0 Å². The maximum Gasteiger partial charge on any atom is 0.282 e. The molecule has 2 N–H and O–H groups in total. The Hall–Kier alpha value is -1.86. The molecular formula is C14H16BrN3O3. The molecule has 0 radical (unpaired) electrons. The number of nitrogens with zero attached hydrogens (tertiary/aromatic N) is 2. The lowest BCUT2D eigenvalue weighted by atomic mass is 10.1. The fraction of sp³-hybridized carbons (Fsp3) is 0.286. The third kappa shape index (κ3) is 3.62. The number of nitrogens with one attached hydrogen (secondary N) is 1. The van der Waals surface area contributed by atoms with Crippen molar-refractivity contribution >= 4 is 21.6 Å². The van der Waals surface area contributed by atoms with Crippen LogP contribution in [0.5, 0.6) is 5.75 Å². The van der Waals surface area contributed by atoms with Gasteiger partial charge in [0.1, 0.15) is 10.2 Å². The molecule has 21 heavy (non-hydrogen) atoms. The van der Waals surface area contributed by atoms with Crippen molar-refractivity contribution in [3.8, 4) is 5.75 Å². The molecule has 0 aliphatic carbocycles. The zero-order chi connectivity index (χ0) is 15.4. The fourth-order valence-electron chi connectivity index (χ4n) is 1.81. The van der Waals surface area contributed by atoms with Gasteiger partial charge in [-0.3, -0.25) is 4.79 Å². The molecule has 0 spiro atoms. The predicted molar refractivity (Wildman–Crippen MR) is 83.6 cm³/mol. The number of aromatic nitrogens is 2. The van der Waals surface area contributed by atoms with E-state index in [-0.39, 0.29) is 12.1 Å². The van der Waals surface area contributed by atoms with E-state index in [1.807, 2.05) is 18.2 Å². The van der Waals surface area contributed by atoms with Crippen molar-refractivity contribution in [2.24, 2.45) is 7.05 Å². The molecule has 2 rings (SSSR count). The molecule has 6 nitrogen and oxygen atoms in total. The Morgan fingerprint density at radius 1 is 1.52 bits per heavy atom. The van der Waals surface area contributed by atoms with E-state index < -0.39 is 6.10 Å². The molecule has 0 aliphatic rings. The molecule has 0 saturated heterocycles. The molecule has 1 heterocycles. The number of rotatable bonds is 5. The molecule has 2 aromatic rings. The Kier molecular flexibility index (Phi) is 4.98. The van der Waals surface area contributed by atoms with E-state index in [1.54, 1.807) is 20.2 Å². The van der Waals surface area contributed by atoms with Crippen LogP contribution < -0.4 is 15.6 Å². The second-order valence-corrected chi connectivity index (χ2v) is 5.27. The molecule has 1 unspecified atom stereocenters. The van der Waals surface area contributed by atoms with Gasteiger partial charge in [-0.2, -0.15) is 5.10 Å². The van der Waals surface area contributed by atoms with Crippen LogP contribution in [-0.4, -0.2) is 28.5 Å². The molecule has 0 amide bonds. The summed E-state index contributed by atoms with van der Waals surface area (Å²) in [5.74, 6) is 0.683. The van der Waals surface area contributed by atoms with E-state index in [1.165, 1.54) is 10.9 Å². The average molecular weight is 354 g/mol. The van der Waals surface area contributed by atoms with Crippen LogP contribution in [0, 0.1) is 0 Å². The number of anilines is 1. The SMILES string of the molecule is COc1cccc(C(O)CNc2cnn(C)c(=O)c2Br)c1. The van der Waals surface area contributed by atoms with Crippen LogP contribution in [0.1, 0.15) is 11.7 Å². The molecular weight excluding hydrogens is 338 g/mol. The standard InChI is InChI=1S/C14H16BrN3O3/c1-18-14(20)13(15)11(7-17-18)16-8-12(19)9-4-3-5-10(6-9)21-2/h3-7,12,16,19H,8H2,1-2H3. The zero-order valence-corrected chi connectivity index (χ0v) is 13.3. The quantitative estimate of drug-likeness (QED) is 0.855. The monoisotopic (exact) mass is 353 g/mol.